The highest BCUT2D eigenvalue weighted by atomic mass is 35.5. The molecule has 0 radical (unpaired) electrons. The molecular weight excluding hydrogens is 514 g/mol. The maximum atomic E-state index is 13.9. The predicted molar refractivity (Wildman–Crippen MR) is 152 cm³/mol. The Kier molecular flexibility index (Phi) is 8.45. The Morgan fingerprint density at radius 1 is 1.05 bits per heavy atom. The number of morpholine rings is 1. The minimum Gasteiger partial charge on any atom is -0.379 e. The highest BCUT2D eigenvalue weighted by Crippen LogP contribution is 2.33. The number of rotatable bonds is 8. The van der Waals surface area contributed by atoms with Gasteiger partial charge in [-0.25, -0.2) is 5.01 Å². The Labute approximate surface area is 234 Å². The average Bonchev–Trinajstić information content (AvgIpc) is 3.58. The molecule has 3 aromatic rings. The SMILES string of the molecule is Cc1ccc(C2CC(c3cccn3C)=NN2C(=O)CN(CCN2CCOCC2)C(=O)c2ccccc2Cl)cc1. The van der Waals surface area contributed by atoms with Gasteiger partial charge in [0.1, 0.15) is 6.54 Å². The summed E-state index contributed by atoms with van der Waals surface area (Å²) < 4.78 is 7.47. The monoisotopic (exact) mass is 547 g/mol. The van der Waals surface area contributed by atoms with Crippen LogP contribution in [0.3, 0.4) is 0 Å². The molecule has 204 valence electrons. The predicted octanol–water partition coefficient (Wildman–Crippen LogP) is 4.14. The fourth-order valence-corrected chi connectivity index (χ4v) is 5.30. The summed E-state index contributed by atoms with van der Waals surface area (Å²) in [5, 5.41) is 6.75. The zero-order chi connectivity index (χ0) is 27.4. The molecule has 0 aliphatic carbocycles. The molecule has 2 amide bonds. The average molecular weight is 548 g/mol. The molecule has 1 atom stereocenters. The number of aryl methyl sites for hydroxylation is 2. The van der Waals surface area contributed by atoms with Crippen LogP contribution in [-0.4, -0.2) is 82.8 Å². The minimum atomic E-state index is -0.264. The molecule has 1 fully saturated rings. The van der Waals surface area contributed by atoms with E-state index < -0.39 is 0 Å². The zero-order valence-corrected chi connectivity index (χ0v) is 23.2. The highest BCUT2D eigenvalue weighted by Gasteiger charge is 2.35. The normalized spacial score (nSPS) is 17.8. The maximum Gasteiger partial charge on any atom is 0.262 e. The van der Waals surface area contributed by atoms with Gasteiger partial charge in [0.15, 0.2) is 0 Å². The van der Waals surface area contributed by atoms with Crippen LogP contribution >= 0.6 is 11.6 Å². The van der Waals surface area contributed by atoms with E-state index in [2.05, 4.69) is 17.0 Å². The first-order valence-electron chi connectivity index (χ1n) is 13.3. The second-order valence-electron chi connectivity index (χ2n) is 10.1. The van der Waals surface area contributed by atoms with E-state index >= 15 is 0 Å². The smallest absolute Gasteiger partial charge is 0.262 e. The number of nitrogens with zero attached hydrogens (tertiary/aromatic N) is 5. The molecule has 2 aromatic carbocycles. The number of hydrogen-bond donors (Lipinski definition) is 0. The zero-order valence-electron chi connectivity index (χ0n) is 22.4. The van der Waals surface area contributed by atoms with Gasteiger partial charge in [0.25, 0.3) is 11.8 Å². The molecule has 0 N–H and O–H groups in total. The first-order chi connectivity index (χ1) is 18.9. The van der Waals surface area contributed by atoms with Gasteiger partial charge in [-0.15, -0.1) is 0 Å². The van der Waals surface area contributed by atoms with Crippen molar-refractivity contribution in [3.8, 4) is 0 Å². The third kappa shape index (κ3) is 6.24. The molecule has 0 bridgehead atoms. The van der Waals surface area contributed by atoms with Crippen molar-refractivity contribution in [2.75, 3.05) is 45.9 Å². The van der Waals surface area contributed by atoms with Gasteiger partial charge in [-0.1, -0.05) is 53.6 Å². The number of halogens is 1. The lowest BCUT2D eigenvalue weighted by atomic mass is 9.99. The van der Waals surface area contributed by atoms with Gasteiger partial charge >= 0.3 is 0 Å². The molecule has 0 saturated carbocycles. The number of carbonyl (C=O) groups is 2. The van der Waals surface area contributed by atoms with Crippen LogP contribution in [0.4, 0.5) is 0 Å². The quantitative estimate of drug-likeness (QED) is 0.425. The van der Waals surface area contributed by atoms with Crippen LogP contribution in [0.1, 0.15) is 39.6 Å². The van der Waals surface area contributed by atoms with Crippen molar-refractivity contribution in [2.24, 2.45) is 12.1 Å². The number of aromatic nitrogens is 1. The van der Waals surface area contributed by atoms with E-state index in [4.69, 9.17) is 21.4 Å². The number of amides is 2. The van der Waals surface area contributed by atoms with Gasteiger partial charge in [0.05, 0.1) is 41.2 Å². The number of hydrazone groups is 1. The van der Waals surface area contributed by atoms with E-state index in [-0.39, 0.29) is 24.4 Å². The summed E-state index contributed by atoms with van der Waals surface area (Å²) >= 11 is 6.39. The van der Waals surface area contributed by atoms with Gasteiger partial charge in [0, 0.05) is 45.8 Å². The van der Waals surface area contributed by atoms with E-state index in [0.717, 1.165) is 35.6 Å². The summed E-state index contributed by atoms with van der Waals surface area (Å²) in [6.07, 6.45) is 2.57. The summed E-state index contributed by atoms with van der Waals surface area (Å²) in [5.41, 5.74) is 4.37. The molecule has 39 heavy (non-hydrogen) atoms. The van der Waals surface area contributed by atoms with Crippen molar-refractivity contribution < 1.29 is 14.3 Å². The Morgan fingerprint density at radius 3 is 2.49 bits per heavy atom. The first-order valence-corrected chi connectivity index (χ1v) is 13.7. The lowest BCUT2D eigenvalue weighted by molar-refractivity contribution is -0.133. The molecule has 5 rings (SSSR count). The first kappa shape index (κ1) is 27.1. The number of benzene rings is 2. The van der Waals surface area contributed by atoms with Crippen LogP contribution in [0.5, 0.6) is 0 Å². The van der Waals surface area contributed by atoms with Gasteiger partial charge < -0.3 is 14.2 Å². The van der Waals surface area contributed by atoms with Gasteiger partial charge in [0.2, 0.25) is 0 Å². The molecule has 2 aliphatic heterocycles. The summed E-state index contributed by atoms with van der Waals surface area (Å²) in [5.74, 6) is -0.493. The number of ether oxygens (including phenoxy) is 1. The summed E-state index contributed by atoms with van der Waals surface area (Å²) in [4.78, 5) is 31.4. The third-order valence-electron chi connectivity index (χ3n) is 7.37. The molecule has 8 nitrogen and oxygen atoms in total. The minimum absolute atomic E-state index is 0.0966. The van der Waals surface area contributed by atoms with Crippen molar-refractivity contribution in [3.05, 3.63) is 94.3 Å². The lowest BCUT2D eigenvalue weighted by Crippen LogP contribution is -2.46. The fraction of sp³-hybridized carbons (Fsp3) is 0.367. The largest absolute Gasteiger partial charge is 0.379 e. The Bertz CT molecular complexity index is 1350. The molecular formula is C30H34ClN5O3. The van der Waals surface area contributed by atoms with Gasteiger partial charge in [-0.05, 0) is 36.8 Å². The van der Waals surface area contributed by atoms with Crippen molar-refractivity contribution in [2.45, 2.75) is 19.4 Å². The summed E-state index contributed by atoms with van der Waals surface area (Å²) in [6.45, 7) is 5.92. The van der Waals surface area contributed by atoms with E-state index in [9.17, 15) is 9.59 Å². The second-order valence-corrected chi connectivity index (χ2v) is 10.5. The summed E-state index contributed by atoms with van der Waals surface area (Å²) in [7, 11) is 1.97. The topological polar surface area (TPSA) is 70.4 Å². The lowest BCUT2D eigenvalue weighted by Gasteiger charge is -2.31. The van der Waals surface area contributed by atoms with Crippen molar-refractivity contribution in [1.82, 2.24) is 19.4 Å². The van der Waals surface area contributed by atoms with E-state index in [1.807, 2.05) is 49.0 Å². The molecule has 1 unspecified atom stereocenters. The Morgan fingerprint density at radius 2 is 1.79 bits per heavy atom. The van der Waals surface area contributed by atoms with Gasteiger partial charge in [-0.3, -0.25) is 14.5 Å². The standard InChI is InChI=1S/C30H34ClN5O3/c1-22-9-11-23(12-10-22)28-20-26(27-8-5-13-33(27)2)32-36(28)29(37)21-35(15-14-34-16-18-39-19-17-34)30(38)24-6-3-4-7-25(24)31/h3-13,28H,14-21H2,1-2H3. The molecule has 2 aliphatic rings. The van der Waals surface area contributed by atoms with Crippen molar-refractivity contribution in [1.29, 1.82) is 0 Å². The van der Waals surface area contributed by atoms with Crippen LogP contribution in [-0.2, 0) is 16.6 Å². The molecule has 9 heteroatoms. The molecule has 0 spiro atoms. The number of hydrogen-bond acceptors (Lipinski definition) is 5. The third-order valence-corrected chi connectivity index (χ3v) is 7.70. The van der Waals surface area contributed by atoms with Gasteiger partial charge in [-0.2, -0.15) is 5.10 Å². The van der Waals surface area contributed by atoms with Crippen LogP contribution < -0.4 is 0 Å². The molecule has 3 heterocycles. The fourth-order valence-electron chi connectivity index (χ4n) is 5.08. The highest BCUT2D eigenvalue weighted by molar-refractivity contribution is 6.33. The second kappa shape index (κ2) is 12.2. The van der Waals surface area contributed by atoms with Crippen molar-refractivity contribution in [3.63, 3.8) is 0 Å². The van der Waals surface area contributed by atoms with E-state index in [1.165, 1.54) is 0 Å². The van der Waals surface area contributed by atoms with Crippen LogP contribution in [0.2, 0.25) is 5.02 Å². The maximum absolute atomic E-state index is 13.9. The van der Waals surface area contributed by atoms with Crippen LogP contribution in [0, 0.1) is 6.92 Å². The van der Waals surface area contributed by atoms with Crippen LogP contribution in [0.25, 0.3) is 0 Å². The summed E-state index contributed by atoms with van der Waals surface area (Å²) in [6, 6.07) is 18.9. The van der Waals surface area contributed by atoms with E-state index in [1.54, 1.807) is 34.2 Å². The Hall–Kier alpha value is -3.46. The van der Waals surface area contributed by atoms with Crippen LogP contribution in [0.15, 0.2) is 72.0 Å². The van der Waals surface area contributed by atoms with Crippen molar-refractivity contribution >= 4 is 29.1 Å². The van der Waals surface area contributed by atoms with E-state index in [0.29, 0.717) is 43.3 Å². The Balaban J connectivity index is 1.41. The molecule has 1 aromatic heterocycles. The molecule has 1 saturated heterocycles. The number of carbonyl (C=O) groups excluding carboxylic acids is 2.